The third-order valence-electron chi connectivity index (χ3n) is 4.71. The molecule has 1 aromatic carbocycles. The van der Waals surface area contributed by atoms with Crippen molar-refractivity contribution >= 4 is 5.91 Å². The molecule has 0 aromatic heterocycles. The van der Waals surface area contributed by atoms with E-state index < -0.39 is 0 Å². The number of amides is 1. The molecule has 1 aliphatic carbocycles. The van der Waals surface area contributed by atoms with Crippen LogP contribution >= 0.6 is 0 Å². The summed E-state index contributed by atoms with van der Waals surface area (Å²) in [6.45, 7) is 1.19. The van der Waals surface area contributed by atoms with Crippen molar-refractivity contribution in [1.29, 1.82) is 0 Å². The van der Waals surface area contributed by atoms with Gasteiger partial charge in [0.15, 0.2) is 0 Å². The van der Waals surface area contributed by atoms with Crippen LogP contribution in [0.3, 0.4) is 0 Å². The molecule has 4 heteroatoms. The molecule has 0 unspecified atom stereocenters. The van der Waals surface area contributed by atoms with E-state index in [1.165, 1.54) is 5.56 Å². The van der Waals surface area contributed by atoms with Crippen LogP contribution in [0.15, 0.2) is 24.3 Å². The van der Waals surface area contributed by atoms with Gasteiger partial charge in [0.05, 0.1) is 0 Å². The molecule has 0 spiro atoms. The lowest BCUT2D eigenvalue weighted by molar-refractivity contribution is 0.0827. The molecular weight excluding hydrogens is 276 g/mol. The third-order valence-corrected chi connectivity index (χ3v) is 4.71. The summed E-state index contributed by atoms with van der Waals surface area (Å²) in [5.41, 5.74) is 1.93. The number of benzene rings is 1. The Morgan fingerprint density at radius 1 is 1.18 bits per heavy atom. The quantitative estimate of drug-likeness (QED) is 0.908. The van der Waals surface area contributed by atoms with Gasteiger partial charge in [-0.1, -0.05) is 12.1 Å². The maximum absolute atomic E-state index is 12.0. The molecule has 122 valence electrons. The minimum atomic E-state index is 0.0490. The summed E-state index contributed by atoms with van der Waals surface area (Å²) in [7, 11) is 5.71. The average Bonchev–Trinajstić information content (AvgIpc) is 2.54. The van der Waals surface area contributed by atoms with E-state index in [2.05, 4.69) is 18.0 Å². The molecule has 22 heavy (non-hydrogen) atoms. The summed E-state index contributed by atoms with van der Waals surface area (Å²) in [5, 5.41) is 9.23. The number of hydrogen-bond acceptors (Lipinski definition) is 3. The van der Waals surface area contributed by atoms with Crippen molar-refractivity contribution in [1.82, 2.24) is 9.80 Å². The number of nitrogens with zero attached hydrogens (tertiary/aromatic N) is 2. The minimum absolute atomic E-state index is 0.0490. The summed E-state index contributed by atoms with van der Waals surface area (Å²) in [6, 6.07) is 8.50. The second-order valence-electron chi connectivity index (χ2n) is 6.67. The highest BCUT2D eigenvalue weighted by molar-refractivity contribution is 5.94. The van der Waals surface area contributed by atoms with Crippen molar-refractivity contribution in [3.63, 3.8) is 0 Å². The summed E-state index contributed by atoms with van der Waals surface area (Å²) in [4.78, 5) is 16.0. The summed E-state index contributed by atoms with van der Waals surface area (Å²) >= 11 is 0. The molecule has 0 bridgehead atoms. The maximum atomic E-state index is 12.0. The average molecular weight is 304 g/mol. The van der Waals surface area contributed by atoms with Crippen LogP contribution < -0.4 is 0 Å². The summed E-state index contributed by atoms with van der Waals surface area (Å²) in [6.07, 6.45) is 4.53. The molecule has 1 fully saturated rings. The van der Waals surface area contributed by atoms with E-state index in [-0.39, 0.29) is 5.91 Å². The second-order valence-corrected chi connectivity index (χ2v) is 6.67. The number of carbonyl (C=O) groups excluding carboxylic acids is 1. The van der Waals surface area contributed by atoms with Crippen LogP contribution in [-0.4, -0.2) is 54.6 Å². The first kappa shape index (κ1) is 17.0. The predicted molar refractivity (Wildman–Crippen MR) is 88.8 cm³/mol. The van der Waals surface area contributed by atoms with Gasteiger partial charge >= 0.3 is 0 Å². The number of hydrogen-bond donors (Lipinski definition) is 1. The fourth-order valence-electron chi connectivity index (χ4n) is 3.25. The molecule has 2 rings (SSSR count). The molecule has 1 saturated carbocycles. The van der Waals surface area contributed by atoms with Gasteiger partial charge in [0, 0.05) is 38.9 Å². The zero-order valence-electron chi connectivity index (χ0n) is 14.0. The number of aliphatic hydroxyl groups excluding tert-OH is 1. The first-order valence-corrected chi connectivity index (χ1v) is 8.13. The van der Waals surface area contributed by atoms with E-state index in [0.29, 0.717) is 18.6 Å². The number of rotatable bonds is 5. The smallest absolute Gasteiger partial charge is 0.253 e. The van der Waals surface area contributed by atoms with Gasteiger partial charge in [0.25, 0.3) is 5.91 Å². The van der Waals surface area contributed by atoms with Crippen molar-refractivity contribution in [3.8, 4) is 0 Å². The van der Waals surface area contributed by atoms with Crippen LogP contribution in [0.5, 0.6) is 0 Å². The molecule has 0 atom stereocenters. The Balaban J connectivity index is 1.96. The molecule has 0 saturated heterocycles. The van der Waals surface area contributed by atoms with Gasteiger partial charge in [0.1, 0.15) is 0 Å². The highest BCUT2D eigenvalue weighted by Gasteiger charge is 2.23. The van der Waals surface area contributed by atoms with Gasteiger partial charge < -0.3 is 10.0 Å². The second kappa shape index (κ2) is 7.75. The largest absolute Gasteiger partial charge is 0.396 e. The van der Waals surface area contributed by atoms with E-state index in [1.54, 1.807) is 19.0 Å². The maximum Gasteiger partial charge on any atom is 0.253 e. The first-order valence-electron chi connectivity index (χ1n) is 8.13. The highest BCUT2D eigenvalue weighted by Crippen LogP contribution is 2.27. The Morgan fingerprint density at radius 3 is 2.45 bits per heavy atom. The van der Waals surface area contributed by atoms with Crippen molar-refractivity contribution in [2.45, 2.75) is 38.3 Å². The summed E-state index contributed by atoms with van der Waals surface area (Å²) < 4.78 is 0. The Bertz CT molecular complexity index is 494. The Morgan fingerprint density at radius 2 is 1.86 bits per heavy atom. The zero-order chi connectivity index (χ0) is 16.1. The van der Waals surface area contributed by atoms with Crippen LogP contribution in [0.4, 0.5) is 0 Å². The molecule has 1 aliphatic rings. The van der Waals surface area contributed by atoms with Crippen molar-refractivity contribution < 1.29 is 9.90 Å². The molecule has 0 heterocycles. The fraction of sp³-hybridized carbons (Fsp3) is 0.611. The predicted octanol–water partition coefficient (Wildman–Crippen LogP) is 2.37. The standard InChI is InChI=1S/C18H28N2O2/c1-19(2)18(22)16-6-4-5-15(11-16)12-20(3)17-9-7-14(13-21)8-10-17/h4-6,11,14,17,21H,7-10,12-13H2,1-3H3. The van der Waals surface area contributed by atoms with E-state index in [1.807, 2.05) is 18.2 Å². The van der Waals surface area contributed by atoms with Gasteiger partial charge in [-0.25, -0.2) is 0 Å². The van der Waals surface area contributed by atoms with Crippen LogP contribution in [0, 0.1) is 5.92 Å². The van der Waals surface area contributed by atoms with E-state index in [4.69, 9.17) is 0 Å². The Hall–Kier alpha value is -1.39. The van der Waals surface area contributed by atoms with Crippen molar-refractivity contribution in [3.05, 3.63) is 35.4 Å². The third kappa shape index (κ3) is 4.31. The molecule has 1 amide bonds. The minimum Gasteiger partial charge on any atom is -0.396 e. The first-order chi connectivity index (χ1) is 10.5. The van der Waals surface area contributed by atoms with E-state index in [9.17, 15) is 9.90 Å². The monoisotopic (exact) mass is 304 g/mol. The molecule has 1 N–H and O–H groups in total. The van der Waals surface area contributed by atoms with Crippen LogP contribution in [0.25, 0.3) is 0 Å². The fourth-order valence-corrected chi connectivity index (χ4v) is 3.25. The molecule has 0 radical (unpaired) electrons. The number of carbonyl (C=O) groups is 1. The van der Waals surface area contributed by atoms with Crippen molar-refractivity contribution in [2.24, 2.45) is 5.92 Å². The summed E-state index contributed by atoms with van der Waals surface area (Å²) in [5.74, 6) is 0.540. The molecule has 0 aliphatic heterocycles. The van der Waals surface area contributed by atoms with E-state index in [0.717, 1.165) is 37.8 Å². The van der Waals surface area contributed by atoms with Gasteiger partial charge in [0.2, 0.25) is 0 Å². The van der Waals surface area contributed by atoms with Gasteiger partial charge in [-0.05, 0) is 56.3 Å². The van der Waals surface area contributed by atoms with Gasteiger partial charge in [-0.2, -0.15) is 0 Å². The SMILES string of the molecule is CN(C)C(=O)c1cccc(CN(C)C2CCC(CO)CC2)c1. The topological polar surface area (TPSA) is 43.8 Å². The highest BCUT2D eigenvalue weighted by atomic mass is 16.3. The van der Waals surface area contributed by atoms with Crippen LogP contribution in [0.2, 0.25) is 0 Å². The zero-order valence-corrected chi connectivity index (χ0v) is 14.0. The molecular formula is C18H28N2O2. The molecule has 4 nitrogen and oxygen atoms in total. The van der Waals surface area contributed by atoms with Crippen LogP contribution in [-0.2, 0) is 6.54 Å². The normalized spacial score (nSPS) is 21.9. The molecule has 1 aromatic rings. The lowest BCUT2D eigenvalue weighted by atomic mass is 9.86. The van der Waals surface area contributed by atoms with Gasteiger partial charge in [-0.15, -0.1) is 0 Å². The number of aliphatic hydroxyl groups is 1. The van der Waals surface area contributed by atoms with Crippen LogP contribution in [0.1, 0.15) is 41.6 Å². The lowest BCUT2D eigenvalue weighted by Crippen LogP contribution is -2.35. The lowest BCUT2D eigenvalue weighted by Gasteiger charge is -2.34. The Labute approximate surface area is 133 Å². The van der Waals surface area contributed by atoms with Crippen molar-refractivity contribution in [2.75, 3.05) is 27.7 Å². The Kier molecular flexibility index (Phi) is 5.98. The van der Waals surface area contributed by atoms with E-state index >= 15 is 0 Å². The van der Waals surface area contributed by atoms with Gasteiger partial charge in [-0.3, -0.25) is 9.69 Å².